The van der Waals surface area contributed by atoms with Crippen LogP contribution >= 0.6 is 22.6 Å². The van der Waals surface area contributed by atoms with Gasteiger partial charge in [-0.25, -0.2) is 0 Å². The van der Waals surface area contributed by atoms with Gasteiger partial charge < -0.3 is 4.90 Å². The van der Waals surface area contributed by atoms with E-state index in [0.29, 0.717) is 6.54 Å². The molecule has 92 valence electrons. The first kappa shape index (κ1) is 13.0. The lowest BCUT2D eigenvalue weighted by Gasteiger charge is -2.17. The van der Waals surface area contributed by atoms with E-state index in [-0.39, 0.29) is 5.91 Å². The second-order valence-corrected chi connectivity index (χ2v) is 5.12. The van der Waals surface area contributed by atoms with Crippen molar-refractivity contribution in [2.24, 2.45) is 0 Å². The van der Waals surface area contributed by atoms with Gasteiger partial charge in [0.05, 0.1) is 17.8 Å². The normalized spacial score (nSPS) is 10.1. The molecule has 3 nitrogen and oxygen atoms in total. The molecule has 1 amide bonds. The molecule has 0 aliphatic rings. The lowest BCUT2D eigenvalue weighted by atomic mass is 10.2. The lowest BCUT2D eigenvalue weighted by molar-refractivity contribution is 0.0782. The molecule has 0 spiro atoms. The fraction of sp³-hybridized carbons (Fsp3) is 0.143. The van der Waals surface area contributed by atoms with Gasteiger partial charge in [0.15, 0.2) is 0 Å². The summed E-state index contributed by atoms with van der Waals surface area (Å²) in [5.74, 6) is 0.0191. The van der Waals surface area contributed by atoms with Crippen LogP contribution in [0.2, 0.25) is 0 Å². The van der Waals surface area contributed by atoms with Crippen molar-refractivity contribution in [3.05, 3.63) is 63.5 Å². The smallest absolute Gasteiger partial charge is 0.255 e. The lowest BCUT2D eigenvalue weighted by Crippen LogP contribution is -2.27. The summed E-state index contributed by atoms with van der Waals surface area (Å²) in [4.78, 5) is 18.2. The number of aromatic nitrogens is 1. The maximum Gasteiger partial charge on any atom is 0.255 e. The van der Waals surface area contributed by atoms with Gasteiger partial charge in [0.1, 0.15) is 0 Å². The van der Waals surface area contributed by atoms with Crippen LogP contribution in [0, 0.1) is 3.57 Å². The van der Waals surface area contributed by atoms with Crippen LogP contribution in [-0.4, -0.2) is 22.8 Å². The minimum absolute atomic E-state index is 0.0191. The van der Waals surface area contributed by atoms with Crippen molar-refractivity contribution >= 4 is 28.5 Å². The molecule has 1 heterocycles. The summed E-state index contributed by atoms with van der Waals surface area (Å²) in [5.41, 5.74) is 1.62. The first-order valence-corrected chi connectivity index (χ1v) is 6.66. The average molecular weight is 352 g/mol. The van der Waals surface area contributed by atoms with Crippen molar-refractivity contribution in [2.45, 2.75) is 6.54 Å². The van der Waals surface area contributed by atoms with Crippen molar-refractivity contribution in [1.29, 1.82) is 0 Å². The Morgan fingerprint density at radius 3 is 2.61 bits per heavy atom. The van der Waals surface area contributed by atoms with E-state index in [1.807, 2.05) is 42.5 Å². The Morgan fingerprint density at radius 2 is 1.94 bits per heavy atom. The summed E-state index contributed by atoms with van der Waals surface area (Å²) >= 11 is 2.18. The summed E-state index contributed by atoms with van der Waals surface area (Å²) in [6, 6.07) is 13.3. The highest BCUT2D eigenvalue weighted by Crippen LogP contribution is 2.14. The molecule has 0 aliphatic heterocycles. The zero-order valence-corrected chi connectivity index (χ0v) is 12.2. The quantitative estimate of drug-likeness (QED) is 0.796. The molecule has 2 rings (SSSR count). The van der Waals surface area contributed by atoms with Crippen LogP contribution < -0.4 is 0 Å². The number of nitrogens with zero attached hydrogens (tertiary/aromatic N) is 2. The number of hydrogen-bond donors (Lipinski definition) is 0. The van der Waals surface area contributed by atoms with Crippen molar-refractivity contribution < 1.29 is 4.79 Å². The third-order valence-corrected chi connectivity index (χ3v) is 3.52. The maximum atomic E-state index is 12.3. The van der Waals surface area contributed by atoms with Gasteiger partial charge in [-0.1, -0.05) is 18.2 Å². The van der Waals surface area contributed by atoms with Crippen LogP contribution in [-0.2, 0) is 6.54 Å². The number of carbonyl (C=O) groups is 1. The summed E-state index contributed by atoms with van der Waals surface area (Å²) < 4.78 is 0.966. The first-order valence-electron chi connectivity index (χ1n) is 5.58. The van der Waals surface area contributed by atoms with Crippen LogP contribution in [0.1, 0.15) is 16.1 Å². The zero-order valence-electron chi connectivity index (χ0n) is 10.0. The van der Waals surface area contributed by atoms with Gasteiger partial charge in [-0.2, -0.15) is 0 Å². The molecular formula is C14H13IN2O. The molecule has 4 heteroatoms. The second-order valence-electron chi connectivity index (χ2n) is 3.96. The van der Waals surface area contributed by atoms with Gasteiger partial charge >= 0.3 is 0 Å². The average Bonchev–Trinajstić information content (AvgIpc) is 2.39. The summed E-state index contributed by atoms with van der Waals surface area (Å²) in [6.07, 6.45) is 1.74. The molecule has 0 aliphatic carbocycles. The molecule has 18 heavy (non-hydrogen) atoms. The van der Waals surface area contributed by atoms with Crippen molar-refractivity contribution in [3.8, 4) is 0 Å². The Hall–Kier alpha value is -1.43. The Bertz CT molecular complexity index is 543. The minimum Gasteiger partial charge on any atom is -0.336 e. The molecule has 0 atom stereocenters. The highest BCUT2D eigenvalue weighted by molar-refractivity contribution is 14.1. The van der Waals surface area contributed by atoms with Crippen molar-refractivity contribution in [3.63, 3.8) is 0 Å². The standard InChI is InChI=1S/C14H13IN2O/c1-17(10-11-6-4-5-9-16-11)14(18)12-7-2-3-8-13(12)15/h2-9H,10H2,1H3. The van der Waals surface area contributed by atoms with Crippen molar-refractivity contribution in [2.75, 3.05) is 7.05 Å². The molecule has 1 aromatic heterocycles. The SMILES string of the molecule is CN(Cc1ccccn1)C(=O)c1ccccc1I. The van der Waals surface area contributed by atoms with E-state index in [9.17, 15) is 4.79 Å². The summed E-state index contributed by atoms with van der Waals surface area (Å²) in [5, 5.41) is 0. The molecule has 0 saturated heterocycles. The molecule has 0 unspecified atom stereocenters. The molecule has 0 N–H and O–H groups in total. The zero-order chi connectivity index (χ0) is 13.0. The van der Waals surface area contributed by atoms with E-state index in [0.717, 1.165) is 14.8 Å². The van der Waals surface area contributed by atoms with Gasteiger partial charge in [-0.15, -0.1) is 0 Å². The number of carbonyl (C=O) groups excluding carboxylic acids is 1. The third-order valence-electron chi connectivity index (χ3n) is 2.58. The van der Waals surface area contributed by atoms with Crippen LogP contribution in [0.25, 0.3) is 0 Å². The van der Waals surface area contributed by atoms with Crippen molar-refractivity contribution in [1.82, 2.24) is 9.88 Å². The minimum atomic E-state index is 0.0191. The largest absolute Gasteiger partial charge is 0.336 e. The predicted octanol–water partition coefficient (Wildman–Crippen LogP) is 2.96. The summed E-state index contributed by atoms with van der Waals surface area (Å²) in [7, 11) is 1.79. The van der Waals surface area contributed by atoms with Crippen LogP contribution in [0.4, 0.5) is 0 Å². The molecule has 2 aromatic rings. The Balaban J connectivity index is 2.13. The molecular weight excluding hydrogens is 339 g/mol. The Kier molecular flexibility index (Phi) is 4.30. The number of amides is 1. The van der Waals surface area contributed by atoms with Crippen LogP contribution in [0.3, 0.4) is 0 Å². The number of hydrogen-bond acceptors (Lipinski definition) is 2. The van der Waals surface area contributed by atoms with E-state index in [1.165, 1.54) is 0 Å². The molecule has 1 aromatic carbocycles. The number of pyridine rings is 1. The highest BCUT2D eigenvalue weighted by atomic mass is 127. The van der Waals surface area contributed by atoms with E-state index < -0.39 is 0 Å². The van der Waals surface area contributed by atoms with E-state index >= 15 is 0 Å². The molecule has 0 radical (unpaired) electrons. The third kappa shape index (κ3) is 3.07. The number of halogens is 1. The fourth-order valence-corrected chi connectivity index (χ4v) is 2.26. The van der Waals surface area contributed by atoms with E-state index in [2.05, 4.69) is 27.6 Å². The first-order chi connectivity index (χ1) is 8.68. The van der Waals surface area contributed by atoms with E-state index in [4.69, 9.17) is 0 Å². The maximum absolute atomic E-state index is 12.3. The Morgan fingerprint density at radius 1 is 1.22 bits per heavy atom. The predicted molar refractivity (Wildman–Crippen MR) is 79.2 cm³/mol. The van der Waals surface area contributed by atoms with Gasteiger partial charge in [-0.3, -0.25) is 9.78 Å². The second kappa shape index (κ2) is 5.95. The fourth-order valence-electron chi connectivity index (χ4n) is 1.65. The monoisotopic (exact) mass is 352 g/mol. The number of rotatable bonds is 3. The molecule has 0 bridgehead atoms. The van der Waals surface area contributed by atoms with Gasteiger partial charge in [0.2, 0.25) is 0 Å². The number of benzene rings is 1. The summed E-state index contributed by atoms with van der Waals surface area (Å²) in [6.45, 7) is 0.518. The van der Waals surface area contributed by atoms with Gasteiger partial charge in [0, 0.05) is 16.8 Å². The van der Waals surface area contributed by atoms with Gasteiger partial charge in [-0.05, 0) is 46.9 Å². The van der Waals surface area contributed by atoms with Crippen LogP contribution in [0.15, 0.2) is 48.7 Å². The Labute approximate surface area is 120 Å². The highest BCUT2D eigenvalue weighted by Gasteiger charge is 2.14. The van der Waals surface area contributed by atoms with Gasteiger partial charge in [0.25, 0.3) is 5.91 Å². The topological polar surface area (TPSA) is 33.2 Å². The van der Waals surface area contributed by atoms with Crippen LogP contribution in [0.5, 0.6) is 0 Å². The molecule has 0 fully saturated rings. The molecule has 0 saturated carbocycles. The van der Waals surface area contributed by atoms with E-state index in [1.54, 1.807) is 18.1 Å².